The van der Waals surface area contributed by atoms with Gasteiger partial charge in [0.05, 0.1) is 10.9 Å². The number of nitriles is 1. The Morgan fingerprint density at radius 2 is 2.10 bits per heavy atom. The molecular weight excluding hydrogens is 317 g/mol. The molecule has 20 heavy (non-hydrogen) atoms. The normalized spacial score (nSPS) is 16.3. The Kier molecular flexibility index (Phi) is 3.62. The van der Waals surface area contributed by atoms with Gasteiger partial charge in [-0.05, 0) is 47.0 Å². The number of aromatic nitrogens is 2. The van der Waals surface area contributed by atoms with Crippen LogP contribution in [0.4, 0.5) is 0 Å². The number of hydrogen-bond acceptors (Lipinski definition) is 3. The van der Waals surface area contributed by atoms with Crippen LogP contribution in [0.2, 0.25) is 12.6 Å². The van der Waals surface area contributed by atoms with Crippen molar-refractivity contribution in [3.63, 3.8) is 0 Å². The average Bonchev–Trinajstić information content (AvgIpc) is 2.48. The van der Waals surface area contributed by atoms with Gasteiger partial charge < -0.3 is 4.57 Å². The molecule has 1 fully saturated rings. The van der Waals surface area contributed by atoms with Crippen molar-refractivity contribution in [1.29, 1.82) is 5.26 Å². The molecule has 1 saturated heterocycles. The molecule has 6 heteroatoms. The number of nitrogens with zero attached hydrogens (tertiary/aromatic N) is 3. The molecule has 1 aliphatic rings. The van der Waals surface area contributed by atoms with Crippen LogP contribution in [0.25, 0.3) is 10.9 Å². The molecule has 3 heterocycles. The zero-order valence-electron chi connectivity index (χ0n) is 10.9. The maximum absolute atomic E-state index is 12.5. The summed E-state index contributed by atoms with van der Waals surface area (Å²) in [6, 6.07) is 5.70. The summed E-state index contributed by atoms with van der Waals surface area (Å²) in [5.41, 5.74) is 0.731. The Balaban J connectivity index is 1.97. The molecule has 0 aliphatic carbocycles. The first kappa shape index (κ1) is 13.4. The largest absolute Gasteiger partial charge is 0.312 e. The average molecular weight is 330 g/mol. The summed E-state index contributed by atoms with van der Waals surface area (Å²) in [6.07, 6.45) is 5.39. The number of rotatable bonds is 1. The minimum absolute atomic E-state index is 0.0166. The maximum Gasteiger partial charge on any atom is 0.268 e. The molecule has 0 saturated carbocycles. The molecule has 0 atom stereocenters. The second-order valence-electron chi connectivity index (χ2n) is 5.23. The van der Waals surface area contributed by atoms with E-state index in [4.69, 9.17) is 5.26 Å². The molecule has 0 radical (unpaired) electrons. The summed E-state index contributed by atoms with van der Waals surface area (Å²) in [5.74, 6) is 2.32. The van der Waals surface area contributed by atoms with Gasteiger partial charge >= 0.3 is 0 Å². The highest BCUT2D eigenvalue weighted by atomic mass is 79.9. The van der Waals surface area contributed by atoms with Gasteiger partial charge in [0.25, 0.3) is 12.3 Å². The van der Waals surface area contributed by atoms with E-state index in [-0.39, 0.29) is 18.3 Å². The van der Waals surface area contributed by atoms with E-state index in [0.717, 1.165) is 30.1 Å². The highest BCUT2D eigenvalue weighted by Crippen LogP contribution is 2.28. The van der Waals surface area contributed by atoms with Crippen molar-refractivity contribution in [2.45, 2.75) is 31.5 Å². The van der Waals surface area contributed by atoms with Crippen molar-refractivity contribution in [3.05, 3.63) is 39.4 Å². The Morgan fingerprint density at radius 3 is 2.80 bits per heavy atom. The summed E-state index contributed by atoms with van der Waals surface area (Å²) >= 11 is 3.32. The predicted octanol–water partition coefficient (Wildman–Crippen LogP) is 3.05. The summed E-state index contributed by atoms with van der Waals surface area (Å²) in [7, 11) is 0. The standard InChI is InChI=1S/C14H13BBrN3O/c16-13-2-1-11-12(18-13)5-8-19(14(11)20)10-3-6-15(9-17)7-4-10/h1-2,5,8,10H,3-4,6-7H2. The summed E-state index contributed by atoms with van der Waals surface area (Å²) in [4.78, 5) is 16.8. The number of fused-ring (bicyclic) bond motifs is 1. The number of pyridine rings is 2. The molecule has 4 nitrogen and oxygen atoms in total. The lowest BCUT2D eigenvalue weighted by Crippen LogP contribution is -2.29. The van der Waals surface area contributed by atoms with E-state index < -0.39 is 0 Å². The SMILES string of the molecule is N#CB1CCC(n2ccc3nc(Br)ccc3c2=O)CC1. The third-order valence-corrected chi connectivity index (χ3v) is 4.46. The van der Waals surface area contributed by atoms with Crippen LogP contribution in [-0.4, -0.2) is 16.3 Å². The molecule has 2 aromatic heterocycles. The highest BCUT2D eigenvalue weighted by molar-refractivity contribution is 9.10. The van der Waals surface area contributed by atoms with E-state index >= 15 is 0 Å². The highest BCUT2D eigenvalue weighted by Gasteiger charge is 2.25. The van der Waals surface area contributed by atoms with Crippen molar-refractivity contribution < 1.29 is 0 Å². The summed E-state index contributed by atoms with van der Waals surface area (Å²) < 4.78 is 2.54. The van der Waals surface area contributed by atoms with Gasteiger partial charge in [0.1, 0.15) is 4.60 Å². The summed E-state index contributed by atoms with van der Waals surface area (Å²) in [5, 5.41) is 9.59. The van der Waals surface area contributed by atoms with Crippen molar-refractivity contribution in [1.82, 2.24) is 9.55 Å². The molecule has 0 unspecified atom stereocenters. The fraction of sp³-hybridized carbons (Fsp3) is 0.357. The van der Waals surface area contributed by atoms with Crippen LogP contribution in [-0.2, 0) is 0 Å². The van der Waals surface area contributed by atoms with E-state index in [1.54, 1.807) is 6.07 Å². The first-order valence-electron chi connectivity index (χ1n) is 6.76. The molecule has 0 N–H and O–H groups in total. The van der Waals surface area contributed by atoms with Crippen LogP contribution >= 0.6 is 15.9 Å². The molecule has 0 aromatic carbocycles. The van der Waals surface area contributed by atoms with Crippen LogP contribution in [0.3, 0.4) is 0 Å². The third-order valence-electron chi connectivity index (χ3n) is 4.02. The van der Waals surface area contributed by atoms with Gasteiger partial charge in [-0.25, -0.2) is 10.2 Å². The summed E-state index contributed by atoms with van der Waals surface area (Å²) in [6.45, 7) is 0.153. The molecule has 100 valence electrons. The zero-order chi connectivity index (χ0) is 14.1. The zero-order valence-corrected chi connectivity index (χ0v) is 12.5. The first-order valence-corrected chi connectivity index (χ1v) is 7.55. The number of hydrogen-bond donors (Lipinski definition) is 0. The van der Waals surface area contributed by atoms with Gasteiger partial charge in [-0.15, -0.1) is 0 Å². The van der Waals surface area contributed by atoms with Crippen molar-refractivity contribution in [3.8, 4) is 5.97 Å². The Morgan fingerprint density at radius 1 is 1.35 bits per heavy atom. The van der Waals surface area contributed by atoms with Gasteiger partial charge in [-0.3, -0.25) is 4.79 Å². The third kappa shape index (κ3) is 2.38. The van der Waals surface area contributed by atoms with Crippen molar-refractivity contribution >= 4 is 33.5 Å². The van der Waals surface area contributed by atoms with Crippen LogP contribution < -0.4 is 5.56 Å². The fourth-order valence-corrected chi connectivity index (χ4v) is 3.21. The van der Waals surface area contributed by atoms with E-state index in [1.165, 1.54) is 0 Å². The van der Waals surface area contributed by atoms with E-state index in [0.29, 0.717) is 10.9 Å². The van der Waals surface area contributed by atoms with Gasteiger partial charge in [0.15, 0.2) is 0 Å². The van der Waals surface area contributed by atoms with Crippen LogP contribution in [0.5, 0.6) is 0 Å². The Labute approximate surface area is 125 Å². The molecule has 0 bridgehead atoms. The van der Waals surface area contributed by atoms with E-state index in [1.807, 2.05) is 22.9 Å². The van der Waals surface area contributed by atoms with Crippen LogP contribution in [0.15, 0.2) is 33.8 Å². The first-order chi connectivity index (χ1) is 9.69. The number of halogens is 1. The smallest absolute Gasteiger partial charge is 0.268 e. The van der Waals surface area contributed by atoms with Gasteiger partial charge in [0, 0.05) is 18.2 Å². The molecule has 3 rings (SSSR count). The van der Waals surface area contributed by atoms with Crippen molar-refractivity contribution in [2.75, 3.05) is 0 Å². The monoisotopic (exact) mass is 329 g/mol. The molecule has 2 aromatic rings. The minimum Gasteiger partial charge on any atom is -0.312 e. The maximum atomic E-state index is 12.5. The second kappa shape index (κ2) is 5.41. The van der Waals surface area contributed by atoms with E-state index in [9.17, 15) is 4.79 Å². The predicted molar refractivity (Wildman–Crippen MR) is 83.0 cm³/mol. The van der Waals surface area contributed by atoms with Crippen LogP contribution in [0.1, 0.15) is 18.9 Å². The van der Waals surface area contributed by atoms with Gasteiger partial charge in [-0.1, -0.05) is 12.6 Å². The van der Waals surface area contributed by atoms with Gasteiger partial charge in [-0.2, -0.15) is 0 Å². The van der Waals surface area contributed by atoms with Crippen LogP contribution in [0, 0.1) is 11.2 Å². The lowest BCUT2D eigenvalue weighted by atomic mass is 9.42. The minimum atomic E-state index is 0.0166. The molecule has 1 aliphatic heterocycles. The second-order valence-corrected chi connectivity index (χ2v) is 6.04. The van der Waals surface area contributed by atoms with Gasteiger partial charge in [0.2, 0.25) is 0 Å². The quantitative estimate of drug-likeness (QED) is 0.596. The molecule has 0 spiro atoms. The lowest BCUT2D eigenvalue weighted by Gasteiger charge is -2.25. The fourth-order valence-electron chi connectivity index (χ4n) is 2.89. The van der Waals surface area contributed by atoms with Crippen molar-refractivity contribution in [2.24, 2.45) is 0 Å². The Hall–Kier alpha value is -1.61. The van der Waals surface area contributed by atoms with E-state index in [2.05, 4.69) is 26.9 Å². The molecular formula is C14H13BBrN3O. The topological polar surface area (TPSA) is 58.7 Å². The Bertz CT molecular complexity index is 744. The molecule has 0 amide bonds. The lowest BCUT2D eigenvalue weighted by molar-refractivity contribution is 0.445.